The number of rotatable bonds is 4. The van der Waals surface area contributed by atoms with Gasteiger partial charge in [0.25, 0.3) is 11.8 Å². The van der Waals surface area contributed by atoms with Crippen molar-refractivity contribution in [3.05, 3.63) is 83.3 Å². The van der Waals surface area contributed by atoms with Gasteiger partial charge in [-0.15, -0.1) is 0 Å². The van der Waals surface area contributed by atoms with Gasteiger partial charge in [0.2, 0.25) is 0 Å². The van der Waals surface area contributed by atoms with Gasteiger partial charge in [0, 0.05) is 17.4 Å². The van der Waals surface area contributed by atoms with E-state index in [9.17, 15) is 14.0 Å². The summed E-state index contributed by atoms with van der Waals surface area (Å²) in [6.45, 7) is 0. The zero-order chi connectivity index (χ0) is 21.1. The molecule has 0 aliphatic carbocycles. The van der Waals surface area contributed by atoms with Crippen molar-refractivity contribution in [3.63, 3.8) is 0 Å². The maximum absolute atomic E-state index is 13.4. The lowest BCUT2D eigenvalue weighted by atomic mass is 10.2. The maximum Gasteiger partial charge on any atom is 0.257 e. The molecule has 0 saturated carbocycles. The van der Waals surface area contributed by atoms with Crippen molar-refractivity contribution in [1.82, 2.24) is 15.2 Å². The second kappa shape index (κ2) is 7.81. The van der Waals surface area contributed by atoms with Crippen LogP contribution in [-0.4, -0.2) is 27.0 Å². The molecule has 0 radical (unpaired) electrons. The Balaban J connectivity index is 1.58. The highest BCUT2D eigenvalue weighted by atomic mass is 19.1. The maximum atomic E-state index is 13.4. The monoisotopic (exact) mass is 400 g/mol. The van der Waals surface area contributed by atoms with E-state index >= 15 is 0 Å². The summed E-state index contributed by atoms with van der Waals surface area (Å²) >= 11 is 0. The van der Waals surface area contributed by atoms with Gasteiger partial charge in [-0.3, -0.25) is 14.7 Å². The molecule has 0 spiro atoms. The first-order valence-corrected chi connectivity index (χ1v) is 8.76. The summed E-state index contributed by atoms with van der Waals surface area (Å²) in [6.07, 6.45) is 1.35. The molecule has 4 rings (SSSR count). The van der Waals surface area contributed by atoms with E-state index < -0.39 is 17.6 Å². The second-order valence-electron chi connectivity index (χ2n) is 6.30. The molecule has 0 fully saturated rings. The lowest BCUT2D eigenvalue weighted by Gasteiger charge is -2.06. The smallest absolute Gasteiger partial charge is 0.257 e. The average Bonchev–Trinajstić information content (AvgIpc) is 3.15. The van der Waals surface area contributed by atoms with Gasteiger partial charge in [0.05, 0.1) is 22.6 Å². The lowest BCUT2D eigenvalue weighted by Crippen LogP contribution is -2.13. The zero-order valence-electron chi connectivity index (χ0n) is 15.3. The van der Waals surface area contributed by atoms with E-state index in [4.69, 9.17) is 5.26 Å². The molecule has 0 aliphatic rings. The van der Waals surface area contributed by atoms with Crippen LogP contribution >= 0.6 is 0 Å². The predicted octanol–water partition coefficient (Wildman–Crippen LogP) is 3.47. The third-order valence-corrected chi connectivity index (χ3v) is 4.25. The Kier molecular flexibility index (Phi) is 4.88. The molecule has 9 heteroatoms. The lowest BCUT2D eigenvalue weighted by molar-refractivity contribution is 0.101. The highest BCUT2D eigenvalue weighted by Gasteiger charge is 2.15. The standard InChI is InChI=1S/C21H13FN6O2/c22-15-5-2-4-13(8-15)20(29)26-19-17-9-14(11-24-18(17)27-28-19)21(30)25-16-6-1-3-12(7-16)10-23/h1-9,11H,(H,25,30)(H2,24,26,27,28,29). The van der Waals surface area contributed by atoms with Crippen LogP contribution in [0.15, 0.2) is 60.8 Å². The number of nitrogens with one attached hydrogen (secondary N) is 3. The SMILES string of the molecule is N#Cc1cccc(NC(=O)c2cnc3n[nH]c(NC(=O)c4cccc(F)c4)c3c2)c1. The molecule has 30 heavy (non-hydrogen) atoms. The van der Waals surface area contributed by atoms with E-state index in [2.05, 4.69) is 25.8 Å². The molecule has 146 valence electrons. The fraction of sp³-hybridized carbons (Fsp3) is 0. The van der Waals surface area contributed by atoms with Crippen molar-refractivity contribution in [2.45, 2.75) is 0 Å². The number of aromatic amines is 1. The number of carbonyl (C=O) groups is 2. The van der Waals surface area contributed by atoms with Gasteiger partial charge in [-0.25, -0.2) is 9.37 Å². The number of anilines is 2. The van der Waals surface area contributed by atoms with Crippen molar-refractivity contribution in [3.8, 4) is 6.07 Å². The van der Waals surface area contributed by atoms with Crippen molar-refractivity contribution < 1.29 is 14.0 Å². The van der Waals surface area contributed by atoms with Crippen molar-refractivity contribution >= 4 is 34.4 Å². The number of hydrogen-bond acceptors (Lipinski definition) is 5. The summed E-state index contributed by atoms with van der Waals surface area (Å²) in [5, 5.41) is 21.3. The molecule has 2 aromatic heterocycles. The molecule has 8 nitrogen and oxygen atoms in total. The highest BCUT2D eigenvalue weighted by Crippen LogP contribution is 2.21. The summed E-state index contributed by atoms with van der Waals surface area (Å²) < 4.78 is 13.4. The minimum Gasteiger partial charge on any atom is -0.322 e. The second-order valence-corrected chi connectivity index (χ2v) is 6.30. The van der Waals surface area contributed by atoms with Crippen LogP contribution in [0, 0.1) is 17.1 Å². The summed E-state index contributed by atoms with van der Waals surface area (Å²) in [6, 6.07) is 15.3. The number of fused-ring (bicyclic) bond motifs is 1. The fourth-order valence-electron chi connectivity index (χ4n) is 2.80. The molecule has 0 aliphatic heterocycles. The van der Waals surface area contributed by atoms with Crippen molar-refractivity contribution in [2.75, 3.05) is 10.6 Å². The predicted molar refractivity (Wildman–Crippen MR) is 107 cm³/mol. The minimum atomic E-state index is -0.539. The number of H-pyrrole nitrogens is 1. The number of nitriles is 1. The van der Waals surface area contributed by atoms with E-state index in [1.807, 2.05) is 6.07 Å². The topological polar surface area (TPSA) is 124 Å². The van der Waals surface area contributed by atoms with Gasteiger partial charge < -0.3 is 10.6 Å². The van der Waals surface area contributed by atoms with E-state index in [0.29, 0.717) is 22.3 Å². The van der Waals surface area contributed by atoms with Crippen LogP contribution in [0.1, 0.15) is 26.3 Å². The Morgan fingerprint density at radius 2 is 1.80 bits per heavy atom. The van der Waals surface area contributed by atoms with Crippen LogP contribution in [0.2, 0.25) is 0 Å². The summed E-state index contributed by atoms with van der Waals surface area (Å²) in [7, 11) is 0. The number of nitrogens with zero attached hydrogens (tertiary/aromatic N) is 3. The first-order valence-electron chi connectivity index (χ1n) is 8.76. The molecule has 0 bridgehead atoms. The summed E-state index contributed by atoms with van der Waals surface area (Å²) in [4.78, 5) is 29.1. The Morgan fingerprint density at radius 1 is 1.00 bits per heavy atom. The van der Waals surface area contributed by atoms with Gasteiger partial charge in [-0.05, 0) is 42.5 Å². The Hall–Kier alpha value is -4.58. The number of aromatic nitrogens is 3. The minimum absolute atomic E-state index is 0.136. The van der Waals surface area contributed by atoms with Crippen LogP contribution in [0.4, 0.5) is 15.9 Å². The van der Waals surface area contributed by atoms with Gasteiger partial charge in [-0.2, -0.15) is 10.4 Å². The Morgan fingerprint density at radius 3 is 2.60 bits per heavy atom. The normalized spacial score (nSPS) is 10.4. The number of benzene rings is 2. The Labute approximate surface area is 169 Å². The van der Waals surface area contributed by atoms with Crippen LogP contribution in [0.3, 0.4) is 0 Å². The number of amides is 2. The van der Waals surface area contributed by atoms with E-state index in [-0.39, 0.29) is 16.9 Å². The van der Waals surface area contributed by atoms with E-state index in [1.54, 1.807) is 24.3 Å². The number of hydrogen-bond donors (Lipinski definition) is 3. The third-order valence-electron chi connectivity index (χ3n) is 4.25. The van der Waals surface area contributed by atoms with Gasteiger partial charge in [0.1, 0.15) is 11.6 Å². The van der Waals surface area contributed by atoms with Crippen LogP contribution in [0.5, 0.6) is 0 Å². The highest BCUT2D eigenvalue weighted by molar-refractivity contribution is 6.10. The van der Waals surface area contributed by atoms with Crippen LogP contribution in [-0.2, 0) is 0 Å². The number of halogens is 1. The molecular formula is C21H13FN6O2. The van der Waals surface area contributed by atoms with Crippen LogP contribution in [0.25, 0.3) is 11.0 Å². The molecule has 2 amide bonds. The van der Waals surface area contributed by atoms with E-state index in [1.165, 1.54) is 30.5 Å². The van der Waals surface area contributed by atoms with Crippen molar-refractivity contribution in [2.24, 2.45) is 0 Å². The molecular weight excluding hydrogens is 387 g/mol. The van der Waals surface area contributed by atoms with E-state index in [0.717, 1.165) is 6.07 Å². The molecule has 0 unspecified atom stereocenters. The Bertz CT molecular complexity index is 1320. The zero-order valence-corrected chi connectivity index (χ0v) is 15.3. The van der Waals surface area contributed by atoms with Gasteiger partial charge in [0.15, 0.2) is 5.65 Å². The third kappa shape index (κ3) is 3.83. The molecule has 4 aromatic rings. The number of pyridine rings is 1. The van der Waals surface area contributed by atoms with Crippen LogP contribution < -0.4 is 10.6 Å². The van der Waals surface area contributed by atoms with Gasteiger partial charge in [-0.1, -0.05) is 12.1 Å². The fourth-order valence-corrected chi connectivity index (χ4v) is 2.80. The molecule has 2 aromatic carbocycles. The quantitative estimate of drug-likeness (QED) is 0.484. The summed E-state index contributed by atoms with van der Waals surface area (Å²) in [5.74, 6) is -1.28. The first-order chi connectivity index (χ1) is 14.5. The molecule has 2 heterocycles. The van der Waals surface area contributed by atoms with Crippen molar-refractivity contribution in [1.29, 1.82) is 5.26 Å². The number of carbonyl (C=O) groups excluding carboxylic acids is 2. The van der Waals surface area contributed by atoms with Gasteiger partial charge >= 0.3 is 0 Å². The molecule has 0 saturated heterocycles. The molecule has 0 atom stereocenters. The largest absolute Gasteiger partial charge is 0.322 e. The first kappa shape index (κ1) is 18.8. The average molecular weight is 400 g/mol. The molecule has 3 N–H and O–H groups in total. The summed E-state index contributed by atoms with van der Waals surface area (Å²) in [5.41, 5.74) is 1.54.